The average molecular weight is 294 g/mol. The molecular formula is C15H19FN2OS. The van der Waals surface area contributed by atoms with Crippen molar-refractivity contribution < 1.29 is 9.18 Å². The molecule has 2 atom stereocenters. The van der Waals surface area contributed by atoms with E-state index < -0.39 is 0 Å². The third-order valence-corrected chi connectivity index (χ3v) is 5.59. The van der Waals surface area contributed by atoms with Gasteiger partial charge in [0.1, 0.15) is 12.0 Å². The van der Waals surface area contributed by atoms with Crippen LogP contribution in [0.2, 0.25) is 0 Å². The third kappa shape index (κ3) is 2.69. The minimum atomic E-state index is -0.247. The lowest BCUT2D eigenvalue weighted by Crippen LogP contribution is -2.40. The lowest BCUT2D eigenvalue weighted by Gasteiger charge is -2.33. The summed E-state index contributed by atoms with van der Waals surface area (Å²) in [5, 5.41) is 3.23. The van der Waals surface area contributed by atoms with E-state index in [9.17, 15) is 9.18 Å². The van der Waals surface area contributed by atoms with Crippen molar-refractivity contribution in [3.05, 3.63) is 35.6 Å². The van der Waals surface area contributed by atoms with Gasteiger partial charge < -0.3 is 4.90 Å². The Bertz CT molecular complexity index is 499. The summed E-state index contributed by atoms with van der Waals surface area (Å²) in [5.41, 5.74) is 0.948. The average Bonchev–Trinajstić information content (AvgIpc) is 3.00. The largest absolute Gasteiger partial charge is 0.320 e. The van der Waals surface area contributed by atoms with Gasteiger partial charge in [0.15, 0.2) is 0 Å². The smallest absolute Gasteiger partial charge is 0.238 e. The molecule has 3 nitrogen and oxygen atoms in total. The molecule has 2 aliphatic rings. The summed E-state index contributed by atoms with van der Waals surface area (Å²) in [4.78, 5) is 14.0. The first-order valence-corrected chi connectivity index (χ1v) is 7.98. The third-order valence-electron chi connectivity index (χ3n) is 4.07. The first-order chi connectivity index (χ1) is 9.57. The quantitative estimate of drug-likeness (QED) is 0.930. The predicted octanol–water partition coefficient (Wildman–Crippen LogP) is 2.54. The molecule has 0 aromatic heterocycles. The molecule has 0 radical (unpaired) electrons. The van der Waals surface area contributed by atoms with E-state index in [0.717, 1.165) is 18.5 Å². The SMILES string of the molecule is CC1(CN2C(=O)CNC2c2ccc(F)cc2)CCCS1. The monoisotopic (exact) mass is 294 g/mol. The van der Waals surface area contributed by atoms with E-state index in [1.807, 2.05) is 16.7 Å². The highest BCUT2D eigenvalue weighted by molar-refractivity contribution is 8.00. The number of benzene rings is 1. The van der Waals surface area contributed by atoms with E-state index in [4.69, 9.17) is 0 Å². The minimum Gasteiger partial charge on any atom is -0.320 e. The Morgan fingerprint density at radius 3 is 2.85 bits per heavy atom. The number of carbonyl (C=O) groups excluding carboxylic acids is 1. The van der Waals surface area contributed by atoms with Crippen molar-refractivity contribution in [2.45, 2.75) is 30.7 Å². The molecule has 1 N–H and O–H groups in total. The van der Waals surface area contributed by atoms with Crippen LogP contribution < -0.4 is 5.32 Å². The van der Waals surface area contributed by atoms with Crippen LogP contribution in [-0.2, 0) is 4.79 Å². The Kier molecular flexibility index (Phi) is 3.73. The number of carbonyl (C=O) groups is 1. The fourth-order valence-electron chi connectivity index (χ4n) is 2.98. The Hall–Kier alpha value is -1.07. The van der Waals surface area contributed by atoms with Gasteiger partial charge in [0, 0.05) is 11.3 Å². The van der Waals surface area contributed by atoms with Crippen LogP contribution in [0.5, 0.6) is 0 Å². The van der Waals surface area contributed by atoms with E-state index in [-0.39, 0.29) is 22.6 Å². The number of hydrogen-bond donors (Lipinski definition) is 1. The van der Waals surface area contributed by atoms with Crippen LogP contribution in [0.15, 0.2) is 24.3 Å². The fourth-order valence-corrected chi connectivity index (χ4v) is 4.28. The maximum atomic E-state index is 13.0. The molecule has 1 amide bonds. The Morgan fingerprint density at radius 1 is 1.45 bits per heavy atom. The molecule has 2 unspecified atom stereocenters. The van der Waals surface area contributed by atoms with Crippen molar-refractivity contribution in [3.63, 3.8) is 0 Å². The van der Waals surface area contributed by atoms with Crippen LogP contribution in [0.4, 0.5) is 4.39 Å². The first kappa shape index (κ1) is 13.9. The summed E-state index contributed by atoms with van der Waals surface area (Å²) in [6.45, 7) is 3.35. The molecule has 5 heteroatoms. The van der Waals surface area contributed by atoms with Crippen molar-refractivity contribution in [3.8, 4) is 0 Å². The molecule has 3 rings (SSSR count). The van der Waals surface area contributed by atoms with Crippen molar-refractivity contribution in [2.24, 2.45) is 0 Å². The van der Waals surface area contributed by atoms with Crippen LogP contribution >= 0.6 is 11.8 Å². The van der Waals surface area contributed by atoms with Crippen LogP contribution in [0, 0.1) is 5.82 Å². The zero-order valence-electron chi connectivity index (χ0n) is 11.6. The standard InChI is InChI=1S/C15H19FN2OS/c1-15(7-2-8-20-15)10-18-13(19)9-17-14(18)11-3-5-12(16)6-4-11/h3-6,14,17H,2,7-10H2,1H3. The number of rotatable bonds is 3. The first-order valence-electron chi connectivity index (χ1n) is 7.00. The molecule has 0 bridgehead atoms. The molecule has 0 spiro atoms. The molecule has 1 aromatic rings. The highest BCUT2D eigenvalue weighted by atomic mass is 32.2. The second-order valence-corrected chi connectivity index (χ2v) is 7.44. The van der Waals surface area contributed by atoms with Gasteiger partial charge in [0.2, 0.25) is 5.91 Å². The maximum Gasteiger partial charge on any atom is 0.238 e. The second kappa shape index (κ2) is 5.37. The summed E-state index contributed by atoms with van der Waals surface area (Å²) < 4.78 is 13.2. The molecule has 2 aliphatic heterocycles. The minimum absolute atomic E-state index is 0.124. The van der Waals surface area contributed by atoms with E-state index in [0.29, 0.717) is 6.54 Å². The van der Waals surface area contributed by atoms with Crippen molar-refractivity contribution in [1.82, 2.24) is 10.2 Å². The molecule has 108 valence electrons. The number of nitrogens with one attached hydrogen (secondary N) is 1. The highest BCUT2D eigenvalue weighted by Crippen LogP contribution is 2.40. The number of hydrogen-bond acceptors (Lipinski definition) is 3. The van der Waals surface area contributed by atoms with Crippen molar-refractivity contribution in [1.29, 1.82) is 0 Å². The van der Waals surface area contributed by atoms with Gasteiger partial charge >= 0.3 is 0 Å². The summed E-state index contributed by atoms with van der Waals surface area (Å²) >= 11 is 1.95. The Labute approximate surface area is 122 Å². The van der Waals surface area contributed by atoms with E-state index in [1.165, 1.54) is 24.3 Å². The molecule has 2 saturated heterocycles. The molecule has 2 heterocycles. The van der Waals surface area contributed by atoms with Gasteiger partial charge in [0.25, 0.3) is 0 Å². The molecular weight excluding hydrogens is 275 g/mol. The fraction of sp³-hybridized carbons (Fsp3) is 0.533. The van der Waals surface area contributed by atoms with Gasteiger partial charge in [-0.1, -0.05) is 12.1 Å². The van der Waals surface area contributed by atoms with Crippen molar-refractivity contribution in [2.75, 3.05) is 18.8 Å². The second-order valence-electron chi connectivity index (χ2n) is 5.76. The van der Waals surface area contributed by atoms with Gasteiger partial charge in [-0.3, -0.25) is 10.1 Å². The topological polar surface area (TPSA) is 32.3 Å². The van der Waals surface area contributed by atoms with Crippen LogP contribution in [0.1, 0.15) is 31.5 Å². The maximum absolute atomic E-state index is 13.0. The van der Waals surface area contributed by atoms with Crippen molar-refractivity contribution >= 4 is 17.7 Å². The lowest BCUT2D eigenvalue weighted by molar-refractivity contribution is -0.128. The Morgan fingerprint density at radius 2 is 2.20 bits per heavy atom. The molecule has 0 saturated carbocycles. The highest BCUT2D eigenvalue weighted by Gasteiger charge is 2.39. The zero-order valence-corrected chi connectivity index (χ0v) is 12.4. The molecule has 2 fully saturated rings. The Balaban J connectivity index is 1.79. The zero-order chi connectivity index (χ0) is 14.2. The summed E-state index contributed by atoms with van der Waals surface area (Å²) in [5.74, 6) is 1.06. The van der Waals surface area contributed by atoms with E-state index in [1.54, 1.807) is 12.1 Å². The van der Waals surface area contributed by atoms with E-state index >= 15 is 0 Å². The number of nitrogens with zero attached hydrogens (tertiary/aromatic N) is 1. The van der Waals surface area contributed by atoms with Crippen LogP contribution in [0.3, 0.4) is 0 Å². The lowest BCUT2D eigenvalue weighted by atomic mass is 10.0. The van der Waals surface area contributed by atoms with Gasteiger partial charge in [-0.25, -0.2) is 4.39 Å². The summed E-state index contributed by atoms with van der Waals surface area (Å²) in [7, 11) is 0. The normalized spacial score (nSPS) is 30.2. The molecule has 1 aromatic carbocycles. The van der Waals surface area contributed by atoms with Gasteiger partial charge in [0.05, 0.1) is 6.54 Å². The summed E-state index contributed by atoms with van der Waals surface area (Å²) in [6, 6.07) is 6.40. The van der Waals surface area contributed by atoms with Gasteiger partial charge in [-0.2, -0.15) is 11.8 Å². The molecule has 0 aliphatic carbocycles. The number of halogens is 1. The molecule has 20 heavy (non-hydrogen) atoms. The van der Waals surface area contributed by atoms with Gasteiger partial charge in [-0.05, 0) is 43.2 Å². The summed E-state index contributed by atoms with van der Waals surface area (Å²) in [6.07, 6.45) is 2.25. The number of amides is 1. The van der Waals surface area contributed by atoms with E-state index in [2.05, 4.69) is 12.2 Å². The number of thioether (sulfide) groups is 1. The van der Waals surface area contributed by atoms with Gasteiger partial charge in [-0.15, -0.1) is 0 Å². The predicted molar refractivity (Wildman–Crippen MR) is 79.0 cm³/mol. The van der Waals surface area contributed by atoms with Crippen LogP contribution in [-0.4, -0.2) is 34.4 Å². The van der Waals surface area contributed by atoms with Crippen LogP contribution in [0.25, 0.3) is 0 Å².